The number of carboxylic acids is 1. The van der Waals surface area contributed by atoms with Gasteiger partial charge in [0.2, 0.25) is 0 Å². The highest BCUT2D eigenvalue weighted by Gasteiger charge is 2.22. The first kappa shape index (κ1) is 12.2. The van der Waals surface area contributed by atoms with Gasteiger partial charge in [-0.1, -0.05) is 11.6 Å². The van der Waals surface area contributed by atoms with Crippen molar-refractivity contribution >= 4 is 17.6 Å². The minimum atomic E-state index is -1.08. The van der Waals surface area contributed by atoms with Crippen LogP contribution in [0.1, 0.15) is 24.4 Å². The largest absolute Gasteiger partial charge is 0.493 e. The molecule has 1 aliphatic carbocycles. The quantitative estimate of drug-likeness (QED) is 0.846. The van der Waals surface area contributed by atoms with E-state index in [9.17, 15) is 4.79 Å². The molecule has 4 nitrogen and oxygen atoms in total. The average Bonchev–Trinajstić information content (AvgIpc) is 3.08. The third kappa shape index (κ3) is 3.35. The molecule has 5 heteroatoms. The molecule has 0 aliphatic heterocycles. The van der Waals surface area contributed by atoms with Crippen molar-refractivity contribution in [1.82, 2.24) is 0 Å². The van der Waals surface area contributed by atoms with E-state index in [4.69, 9.17) is 27.2 Å². The van der Waals surface area contributed by atoms with Crippen molar-refractivity contribution in [2.24, 2.45) is 11.7 Å². The number of carbonyl (C=O) groups is 1. The summed E-state index contributed by atoms with van der Waals surface area (Å²) in [5.74, 6) is 0.127. The van der Waals surface area contributed by atoms with Crippen LogP contribution in [-0.2, 0) is 4.79 Å². The maximum absolute atomic E-state index is 10.8. The summed E-state index contributed by atoms with van der Waals surface area (Å²) in [6.45, 7) is 0.655. The molecule has 1 aromatic carbocycles. The van der Waals surface area contributed by atoms with Crippen LogP contribution in [0.25, 0.3) is 0 Å². The maximum atomic E-state index is 10.8. The van der Waals surface area contributed by atoms with Gasteiger partial charge in [-0.2, -0.15) is 0 Å². The Balaban J connectivity index is 2.12. The van der Waals surface area contributed by atoms with Crippen LogP contribution in [0.2, 0.25) is 5.02 Å². The molecular weight excluding hydrogens is 242 g/mol. The molecular formula is C12H14ClNO3. The zero-order chi connectivity index (χ0) is 12.4. The lowest BCUT2D eigenvalue weighted by atomic mass is 10.1. The van der Waals surface area contributed by atoms with E-state index < -0.39 is 12.0 Å². The topological polar surface area (TPSA) is 72.6 Å². The lowest BCUT2D eigenvalue weighted by molar-refractivity contribution is -0.138. The Kier molecular flexibility index (Phi) is 3.54. The summed E-state index contributed by atoms with van der Waals surface area (Å²) < 4.78 is 5.55. The first-order chi connectivity index (χ1) is 8.06. The van der Waals surface area contributed by atoms with E-state index in [0.717, 1.165) is 0 Å². The molecule has 1 aromatic rings. The van der Waals surface area contributed by atoms with Crippen molar-refractivity contribution in [3.05, 3.63) is 28.8 Å². The molecule has 3 N–H and O–H groups in total. The first-order valence-electron chi connectivity index (χ1n) is 5.48. The fourth-order valence-corrected chi connectivity index (χ4v) is 1.72. The summed E-state index contributed by atoms with van der Waals surface area (Å²) in [6, 6.07) is 3.77. The van der Waals surface area contributed by atoms with E-state index >= 15 is 0 Å². The molecule has 1 saturated carbocycles. The molecule has 1 fully saturated rings. The van der Waals surface area contributed by atoms with Crippen molar-refractivity contribution in [1.29, 1.82) is 0 Å². The number of benzene rings is 1. The molecule has 92 valence electrons. The second-order valence-electron chi connectivity index (χ2n) is 4.29. The third-order valence-corrected chi connectivity index (χ3v) is 2.92. The maximum Gasteiger partial charge on any atom is 0.325 e. The van der Waals surface area contributed by atoms with E-state index in [2.05, 4.69) is 0 Å². The summed E-state index contributed by atoms with van der Waals surface area (Å²) in [7, 11) is 0. The van der Waals surface area contributed by atoms with Crippen molar-refractivity contribution < 1.29 is 14.6 Å². The molecule has 1 aliphatic rings. The number of nitrogens with two attached hydrogens (primary N) is 1. The number of aliphatic carboxylic acids is 1. The van der Waals surface area contributed by atoms with Crippen LogP contribution in [0, 0.1) is 5.92 Å². The number of hydrogen-bond donors (Lipinski definition) is 2. The zero-order valence-corrected chi connectivity index (χ0v) is 9.98. The first-order valence-corrected chi connectivity index (χ1v) is 5.85. The molecule has 0 bridgehead atoms. The van der Waals surface area contributed by atoms with Gasteiger partial charge in [-0.15, -0.1) is 0 Å². The Bertz CT molecular complexity index is 432. The number of hydrogen-bond acceptors (Lipinski definition) is 3. The fourth-order valence-electron chi connectivity index (χ4n) is 1.49. The lowest BCUT2D eigenvalue weighted by Gasteiger charge is -2.11. The van der Waals surface area contributed by atoms with E-state index in [1.165, 1.54) is 12.8 Å². The molecule has 0 radical (unpaired) electrons. The Labute approximate surface area is 104 Å². The summed E-state index contributed by atoms with van der Waals surface area (Å²) in [5, 5.41) is 9.27. The third-order valence-electron chi connectivity index (χ3n) is 2.70. The Morgan fingerprint density at radius 2 is 2.24 bits per heavy atom. The summed E-state index contributed by atoms with van der Waals surface area (Å²) in [6.07, 6.45) is 2.39. The highest BCUT2D eigenvalue weighted by molar-refractivity contribution is 6.30. The smallest absolute Gasteiger partial charge is 0.325 e. The molecule has 0 heterocycles. The number of ether oxygens (including phenoxy) is 1. The molecule has 2 rings (SSSR count). The lowest BCUT2D eigenvalue weighted by Crippen LogP contribution is -2.20. The van der Waals surface area contributed by atoms with Gasteiger partial charge < -0.3 is 15.6 Å². The number of halogens is 1. The van der Waals surface area contributed by atoms with Crippen molar-refractivity contribution in [3.63, 3.8) is 0 Å². The van der Waals surface area contributed by atoms with Gasteiger partial charge in [-0.25, -0.2) is 0 Å². The highest BCUT2D eigenvalue weighted by Crippen LogP contribution is 2.31. The molecule has 0 amide bonds. The predicted molar refractivity (Wildman–Crippen MR) is 64.2 cm³/mol. The van der Waals surface area contributed by atoms with Crippen molar-refractivity contribution in [2.45, 2.75) is 18.9 Å². The normalized spacial score (nSPS) is 16.6. The van der Waals surface area contributed by atoms with E-state index in [0.29, 0.717) is 28.9 Å². The number of carboxylic acid groups (broad SMARTS) is 1. The van der Waals surface area contributed by atoms with Gasteiger partial charge in [-0.3, -0.25) is 4.79 Å². The van der Waals surface area contributed by atoms with Crippen LogP contribution >= 0.6 is 11.6 Å². The minimum Gasteiger partial charge on any atom is -0.493 e. The standard InChI is InChI=1S/C12H14ClNO3/c13-9-3-8(11(14)12(15)16)4-10(5-9)17-6-7-1-2-7/h3-5,7,11H,1-2,6,14H2,(H,15,16). The van der Waals surface area contributed by atoms with Gasteiger partial charge in [0.25, 0.3) is 0 Å². The van der Waals surface area contributed by atoms with Gasteiger partial charge in [0.1, 0.15) is 11.8 Å². The van der Waals surface area contributed by atoms with Gasteiger partial charge >= 0.3 is 5.97 Å². The van der Waals surface area contributed by atoms with Crippen LogP contribution in [0.5, 0.6) is 5.75 Å². The summed E-state index contributed by atoms with van der Waals surface area (Å²) in [5.41, 5.74) is 5.98. The highest BCUT2D eigenvalue weighted by atomic mass is 35.5. The minimum absolute atomic E-state index is 0.435. The summed E-state index contributed by atoms with van der Waals surface area (Å²) >= 11 is 5.90. The van der Waals surface area contributed by atoms with Gasteiger partial charge in [0.15, 0.2) is 0 Å². The molecule has 1 atom stereocenters. The molecule has 0 aromatic heterocycles. The van der Waals surface area contributed by atoms with Crippen LogP contribution in [-0.4, -0.2) is 17.7 Å². The van der Waals surface area contributed by atoms with Crippen molar-refractivity contribution in [3.8, 4) is 5.75 Å². The van der Waals surface area contributed by atoms with E-state index in [1.807, 2.05) is 0 Å². The Morgan fingerprint density at radius 1 is 1.53 bits per heavy atom. The van der Waals surface area contributed by atoms with E-state index in [-0.39, 0.29) is 0 Å². The molecule has 1 unspecified atom stereocenters. The number of rotatable bonds is 5. The fraction of sp³-hybridized carbons (Fsp3) is 0.417. The van der Waals surface area contributed by atoms with E-state index in [1.54, 1.807) is 18.2 Å². The van der Waals surface area contributed by atoms with Gasteiger partial charge in [-0.05, 0) is 42.5 Å². The second kappa shape index (κ2) is 4.94. The zero-order valence-electron chi connectivity index (χ0n) is 9.23. The molecule has 0 spiro atoms. The van der Waals surface area contributed by atoms with Crippen LogP contribution in [0.15, 0.2) is 18.2 Å². The molecule has 0 saturated heterocycles. The van der Waals surface area contributed by atoms with Crippen molar-refractivity contribution in [2.75, 3.05) is 6.61 Å². The second-order valence-corrected chi connectivity index (χ2v) is 4.73. The monoisotopic (exact) mass is 255 g/mol. The van der Waals surface area contributed by atoms with Crippen LogP contribution in [0.3, 0.4) is 0 Å². The molecule has 17 heavy (non-hydrogen) atoms. The van der Waals surface area contributed by atoms with Gasteiger partial charge in [0.05, 0.1) is 6.61 Å². The predicted octanol–water partition coefficient (Wildman–Crippen LogP) is 2.21. The summed E-state index contributed by atoms with van der Waals surface area (Å²) in [4.78, 5) is 10.8. The van der Waals surface area contributed by atoms with Crippen LogP contribution in [0.4, 0.5) is 0 Å². The average molecular weight is 256 g/mol. The van der Waals surface area contributed by atoms with Gasteiger partial charge in [0, 0.05) is 5.02 Å². The Hall–Kier alpha value is -1.26. The SMILES string of the molecule is NC(C(=O)O)c1cc(Cl)cc(OCC2CC2)c1. The Morgan fingerprint density at radius 3 is 2.82 bits per heavy atom. The van der Waals surface area contributed by atoms with Crippen LogP contribution < -0.4 is 10.5 Å².